The first kappa shape index (κ1) is 21.8. The van der Waals surface area contributed by atoms with Gasteiger partial charge in [-0.1, -0.05) is 42.1 Å². The zero-order valence-corrected chi connectivity index (χ0v) is 19.5. The van der Waals surface area contributed by atoms with Gasteiger partial charge in [0.1, 0.15) is 5.60 Å². The van der Waals surface area contributed by atoms with Crippen molar-refractivity contribution in [1.29, 1.82) is 0 Å². The van der Waals surface area contributed by atoms with Gasteiger partial charge in [0.05, 0.1) is 10.8 Å². The van der Waals surface area contributed by atoms with E-state index in [9.17, 15) is 4.79 Å². The first-order chi connectivity index (χ1) is 13.8. The van der Waals surface area contributed by atoms with Crippen molar-refractivity contribution in [3.05, 3.63) is 65.5 Å². The van der Waals surface area contributed by atoms with E-state index in [1.165, 1.54) is 25.1 Å². The number of ether oxygens (including phenoxy) is 1. The Morgan fingerprint density at radius 3 is 2.41 bits per heavy atom. The second-order valence-corrected chi connectivity index (χ2v) is 10.9. The molecule has 152 valence electrons. The molecule has 3 nitrogen and oxygen atoms in total. The van der Waals surface area contributed by atoms with Gasteiger partial charge < -0.3 is 10.1 Å². The summed E-state index contributed by atoms with van der Waals surface area (Å²) in [5.41, 5.74) is 1.96. The molecule has 1 aromatic heterocycles. The van der Waals surface area contributed by atoms with Crippen LogP contribution in [-0.4, -0.2) is 18.0 Å². The number of benzene rings is 2. The topological polar surface area (TPSA) is 38.3 Å². The number of amides is 1. The van der Waals surface area contributed by atoms with Crippen LogP contribution in [0.1, 0.15) is 25.6 Å². The van der Waals surface area contributed by atoms with E-state index in [0.717, 1.165) is 4.88 Å². The summed E-state index contributed by atoms with van der Waals surface area (Å²) in [4.78, 5) is 15.4. The third kappa shape index (κ3) is 6.84. The Hall–Kier alpha value is -1.89. The van der Waals surface area contributed by atoms with Crippen molar-refractivity contribution in [2.75, 3.05) is 6.26 Å². The van der Waals surface area contributed by atoms with Crippen LogP contribution in [0.3, 0.4) is 0 Å². The molecule has 0 radical (unpaired) electrons. The fourth-order valence-electron chi connectivity index (χ4n) is 2.64. The Morgan fingerprint density at radius 2 is 1.72 bits per heavy atom. The van der Waals surface area contributed by atoms with E-state index in [0.29, 0.717) is 6.54 Å². The molecule has 1 amide bonds. The lowest BCUT2D eigenvalue weighted by molar-refractivity contribution is 0.0524. The molecule has 0 spiro atoms. The number of thiophene rings is 1. The van der Waals surface area contributed by atoms with Gasteiger partial charge >= 0.3 is 6.09 Å². The van der Waals surface area contributed by atoms with E-state index < -0.39 is 5.60 Å². The van der Waals surface area contributed by atoms with Crippen molar-refractivity contribution < 1.29 is 9.53 Å². The Labute approximate surface area is 185 Å². The molecule has 0 aliphatic heterocycles. The van der Waals surface area contributed by atoms with Crippen LogP contribution >= 0.6 is 34.9 Å². The zero-order valence-electron chi connectivity index (χ0n) is 17.0. The average molecular weight is 444 g/mol. The molecule has 0 bridgehead atoms. The van der Waals surface area contributed by atoms with Crippen LogP contribution in [0.5, 0.6) is 0 Å². The number of carbonyl (C=O) groups excluding carboxylic acids is 1. The summed E-state index contributed by atoms with van der Waals surface area (Å²) in [6, 6.07) is 21.3. The van der Waals surface area contributed by atoms with Crippen molar-refractivity contribution in [1.82, 2.24) is 5.32 Å². The predicted molar refractivity (Wildman–Crippen MR) is 125 cm³/mol. The Bertz CT molecular complexity index is 962. The average Bonchev–Trinajstić information content (AvgIpc) is 3.13. The van der Waals surface area contributed by atoms with Crippen molar-refractivity contribution in [2.45, 2.75) is 46.9 Å². The van der Waals surface area contributed by atoms with E-state index in [1.54, 1.807) is 34.9 Å². The van der Waals surface area contributed by atoms with E-state index >= 15 is 0 Å². The second kappa shape index (κ2) is 9.74. The van der Waals surface area contributed by atoms with Gasteiger partial charge in [0.25, 0.3) is 0 Å². The first-order valence-electron chi connectivity index (χ1n) is 9.30. The standard InChI is InChI=1S/C23H25NO2S3/c1-23(2,3)26-22(25)24-15-18-10-11-21(28-18)29-20-13-17(12-19(14-20)27-4)16-8-6-5-7-9-16/h5-14H,15H2,1-4H3,(H,24,25). The molecule has 2 aromatic carbocycles. The molecule has 0 atom stereocenters. The van der Waals surface area contributed by atoms with Crippen molar-refractivity contribution in [3.63, 3.8) is 0 Å². The minimum Gasteiger partial charge on any atom is -0.444 e. The van der Waals surface area contributed by atoms with Gasteiger partial charge in [-0.3, -0.25) is 0 Å². The van der Waals surface area contributed by atoms with E-state index in [1.807, 2.05) is 26.8 Å². The fraction of sp³-hybridized carbons (Fsp3) is 0.261. The lowest BCUT2D eigenvalue weighted by atomic mass is 10.1. The largest absolute Gasteiger partial charge is 0.444 e. The third-order valence-electron chi connectivity index (χ3n) is 3.88. The molecule has 0 aliphatic carbocycles. The van der Waals surface area contributed by atoms with Crippen LogP contribution in [0.15, 0.2) is 74.7 Å². The summed E-state index contributed by atoms with van der Waals surface area (Å²) in [7, 11) is 0. The summed E-state index contributed by atoms with van der Waals surface area (Å²) in [6.07, 6.45) is 1.71. The van der Waals surface area contributed by atoms with Crippen molar-refractivity contribution in [2.24, 2.45) is 0 Å². The summed E-state index contributed by atoms with van der Waals surface area (Å²) in [5, 5.41) is 2.82. The molecule has 1 heterocycles. The maximum atomic E-state index is 11.8. The van der Waals surface area contributed by atoms with Gasteiger partial charge in [-0.2, -0.15) is 0 Å². The van der Waals surface area contributed by atoms with Crippen LogP contribution in [0.2, 0.25) is 0 Å². The smallest absolute Gasteiger partial charge is 0.407 e. The molecule has 29 heavy (non-hydrogen) atoms. The zero-order chi connectivity index (χ0) is 20.9. The number of hydrogen-bond donors (Lipinski definition) is 1. The van der Waals surface area contributed by atoms with Gasteiger partial charge in [0, 0.05) is 14.7 Å². The van der Waals surface area contributed by atoms with Gasteiger partial charge in [0.15, 0.2) is 0 Å². The van der Waals surface area contributed by atoms with Crippen LogP contribution in [0, 0.1) is 0 Å². The highest BCUT2D eigenvalue weighted by Gasteiger charge is 2.16. The number of thioether (sulfide) groups is 1. The quantitative estimate of drug-likeness (QED) is 0.405. The number of alkyl carbamates (subject to hydrolysis) is 1. The van der Waals surface area contributed by atoms with Crippen LogP contribution < -0.4 is 5.32 Å². The van der Waals surface area contributed by atoms with Crippen molar-refractivity contribution >= 4 is 41.0 Å². The minimum atomic E-state index is -0.487. The molecule has 6 heteroatoms. The second-order valence-electron chi connectivity index (χ2n) is 7.44. The summed E-state index contributed by atoms with van der Waals surface area (Å²) in [6.45, 7) is 6.05. The molecule has 0 saturated carbocycles. The normalized spacial score (nSPS) is 11.3. The highest BCUT2D eigenvalue weighted by molar-refractivity contribution is 8.01. The van der Waals surface area contributed by atoms with E-state index in [-0.39, 0.29) is 6.09 Å². The van der Waals surface area contributed by atoms with Crippen molar-refractivity contribution in [3.8, 4) is 11.1 Å². The lowest BCUT2D eigenvalue weighted by Gasteiger charge is -2.19. The molecule has 0 aliphatic rings. The molecular formula is C23H25NO2S3. The van der Waals surface area contributed by atoms with Crippen LogP contribution in [0.25, 0.3) is 11.1 Å². The molecule has 3 aromatic rings. The molecule has 3 rings (SSSR count). The van der Waals surface area contributed by atoms with E-state index in [2.05, 4.69) is 66.2 Å². The monoisotopic (exact) mass is 443 g/mol. The minimum absolute atomic E-state index is 0.389. The number of carbonyl (C=O) groups is 1. The Balaban J connectivity index is 1.68. The maximum absolute atomic E-state index is 11.8. The highest BCUT2D eigenvalue weighted by atomic mass is 32.2. The van der Waals surface area contributed by atoms with Gasteiger partial charge in [-0.05, 0) is 68.5 Å². The predicted octanol–water partition coefficient (Wildman–Crippen LogP) is 7.31. The molecule has 1 N–H and O–H groups in total. The van der Waals surface area contributed by atoms with Gasteiger partial charge in [-0.25, -0.2) is 4.79 Å². The van der Waals surface area contributed by atoms with Crippen LogP contribution in [-0.2, 0) is 11.3 Å². The summed E-state index contributed by atoms with van der Waals surface area (Å²) in [5.74, 6) is 0. The Morgan fingerprint density at radius 1 is 1.00 bits per heavy atom. The third-order valence-corrected chi connectivity index (χ3v) is 6.78. The molecule has 0 saturated heterocycles. The first-order valence-corrected chi connectivity index (χ1v) is 12.2. The number of rotatable bonds is 6. The van der Waals surface area contributed by atoms with E-state index in [4.69, 9.17) is 4.74 Å². The summed E-state index contributed by atoms with van der Waals surface area (Å²) < 4.78 is 6.49. The fourth-order valence-corrected chi connectivity index (χ4v) is 5.40. The lowest BCUT2D eigenvalue weighted by Crippen LogP contribution is -2.31. The SMILES string of the molecule is CSc1cc(Sc2ccc(CNC(=O)OC(C)(C)C)s2)cc(-c2ccccc2)c1. The molecule has 0 fully saturated rings. The maximum Gasteiger partial charge on any atom is 0.407 e. The molecule has 0 unspecified atom stereocenters. The van der Waals surface area contributed by atoms with Crippen LogP contribution in [0.4, 0.5) is 4.79 Å². The summed E-state index contributed by atoms with van der Waals surface area (Å²) >= 11 is 5.19. The van der Waals surface area contributed by atoms with Gasteiger partial charge in [0.2, 0.25) is 0 Å². The Kier molecular flexibility index (Phi) is 7.33. The number of nitrogens with one attached hydrogen (secondary N) is 1. The number of hydrogen-bond acceptors (Lipinski definition) is 5. The van der Waals surface area contributed by atoms with Gasteiger partial charge in [-0.15, -0.1) is 23.1 Å². The highest BCUT2D eigenvalue weighted by Crippen LogP contribution is 2.37. The molecular weight excluding hydrogens is 418 g/mol.